The lowest BCUT2D eigenvalue weighted by Gasteiger charge is -2.03. The number of nitrogens with zero attached hydrogens (tertiary/aromatic N) is 3. The van der Waals surface area contributed by atoms with Crippen molar-refractivity contribution in [1.29, 1.82) is 0 Å². The van der Waals surface area contributed by atoms with Crippen molar-refractivity contribution in [3.8, 4) is 17.0 Å². The lowest BCUT2D eigenvalue weighted by atomic mass is 10.1. The highest BCUT2D eigenvalue weighted by Crippen LogP contribution is 2.31. The number of benzene rings is 2. The summed E-state index contributed by atoms with van der Waals surface area (Å²) in [6.07, 6.45) is 5.66. The maximum Gasteiger partial charge on any atom is 0.140 e. The summed E-state index contributed by atoms with van der Waals surface area (Å²) in [6.45, 7) is 2.05. The molecule has 4 nitrogen and oxygen atoms in total. The van der Waals surface area contributed by atoms with Gasteiger partial charge in [-0.05, 0) is 58.7 Å². The molecular formula is C21H15Br2N3O. The Balaban J connectivity index is 1.69. The number of pyridine rings is 1. The van der Waals surface area contributed by atoms with Gasteiger partial charge in [-0.1, -0.05) is 34.1 Å². The molecule has 0 fully saturated rings. The molecule has 0 amide bonds. The number of imidazole rings is 1. The van der Waals surface area contributed by atoms with Gasteiger partial charge in [0.2, 0.25) is 0 Å². The highest BCUT2D eigenvalue weighted by Gasteiger charge is 2.08. The molecule has 2 aromatic carbocycles. The van der Waals surface area contributed by atoms with E-state index in [0.717, 1.165) is 32.6 Å². The normalized spacial score (nSPS) is 11.5. The lowest BCUT2D eigenvalue weighted by Crippen LogP contribution is -1.84. The fourth-order valence-corrected chi connectivity index (χ4v) is 4.12. The van der Waals surface area contributed by atoms with E-state index in [2.05, 4.69) is 49.8 Å². The minimum Gasteiger partial charge on any atom is -0.506 e. The van der Waals surface area contributed by atoms with Crippen LogP contribution in [0, 0.1) is 6.92 Å². The maximum atomic E-state index is 10.2. The summed E-state index contributed by atoms with van der Waals surface area (Å²) in [5.74, 6) is 0.161. The van der Waals surface area contributed by atoms with E-state index >= 15 is 0 Å². The molecule has 0 aliphatic carbocycles. The van der Waals surface area contributed by atoms with Crippen molar-refractivity contribution < 1.29 is 5.11 Å². The first-order valence-corrected chi connectivity index (χ1v) is 9.87. The Morgan fingerprint density at radius 2 is 1.96 bits per heavy atom. The lowest BCUT2D eigenvalue weighted by molar-refractivity contribution is 0.471. The third-order valence-corrected chi connectivity index (χ3v) is 5.29. The molecule has 0 spiro atoms. The molecule has 0 aliphatic rings. The number of phenols is 1. The topological polar surface area (TPSA) is 49.9 Å². The Morgan fingerprint density at radius 3 is 2.78 bits per heavy atom. The minimum atomic E-state index is 0.161. The molecule has 2 heterocycles. The molecule has 4 rings (SSSR count). The third kappa shape index (κ3) is 3.68. The number of aromatic hydroxyl groups is 1. The fourth-order valence-electron chi connectivity index (χ4n) is 2.87. The molecule has 0 saturated carbocycles. The van der Waals surface area contributed by atoms with Crippen LogP contribution in [0.25, 0.3) is 16.9 Å². The fraction of sp³-hybridized carbons (Fsp3) is 0.0476. The van der Waals surface area contributed by atoms with Gasteiger partial charge in [0.05, 0.1) is 15.9 Å². The number of halogens is 2. The Hall–Kier alpha value is -2.44. The third-order valence-electron chi connectivity index (χ3n) is 4.23. The minimum absolute atomic E-state index is 0.161. The van der Waals surface area contributed by atoms with Gasteiger partial charge in [-0.3, -0.25) is 4.99 Å². The van der Waals surface area contributed by atoms with Crippen LogP contribution in [-0.2, 0) is 0 Å². The summed E-state index contributed by atoms with van der Waals surface area (Å²) in [4.78, 5) is 9.25. The van der Waals surface area contributed by atoms with Crippen LogP contribution in [0.3, 0.4) is 0 Å². The highest BCUT2D eigenvalue weighted by atomic mass is 79.9. The first-order valence-electron chi connectivity index (χ1n) is 8.28. The van der Waals surface area contributed by atoms with Crippen molar-refractivity contribution in [3.05, 3.63) is 81.0 Å². The van der Waals surface area contributed by atoms with Crippen molar-refractivity contribution in [2.24, 2.45) is 4.99 Å². The van der Waals surface area contributed by atoms with E-state index in [4.69, 9.17) is 4.98 Å². The first kappa shape index (κ1) is 17.9. The smallest absolute Gasteiger partial charge is 0.140 e. The molecule has 0 unspecified atom stereocenters. The van der Waals surface area contributed by atoms with E-state index < -0.39 is 0 Å². The average Bonchev–Trinajstić information content (AvgIpc) is 3.09. The number of hydrogen-bond acceptors (Lipinski definition) is 3. The van der Waals surface area contributed by atoms with Gasteiger partial charge in [0.1, 0.15) is 11.4 Å². The van der Waals surface area contributed by atoms with Crippen LogP contribution in [-0.4, -0.2) is 20.7 Å². The van der Waals surface area contributed by atoms with E-state index in [0.29, 0.717) is 10.0 Å². The SMILES string of the molecule is Cc1cccn2cc(-c3cccc(N=Cc4cc(Br)cc(Br)c4O)c3)nc12. The molecule has 4 aromatic rings. The van der Waals surface area contributed by atoms with Crippen molar-refractivity contribution >= 4 is 49.4 Å². The summed E-state index contributed by atoms with van der Waals surface area (Å²) >= 11 is 6.76. The second-order valence-electron chi connectivity index (χ2n) is 6.18. The zero-order chi connectivity index (χ0) is 19.0. The largest absolute Gasteiger partial charge is 0.506 e. The molecule has 0 aliphatic heterocycles. The quantitative estimate of drug-likeness (QED) is 0.347. The second kappa shape index (κ2) is 7.29. The van der Waals surface area contributed by atoms with Gasteiger partial charge in [0, 0.05) is 34.2 Å². The van der Waals surface area contributed by atoms with Crippen LogP contribution in [0.5, 0.6) is 5.75 Å². The number of aliphatic imine (C=N–C) groups is 1. The van der Waals surface area contributed by atoms with Gasteiger partial charge < -0.3 is 9.51 Å². The Labute approximate surface area is 173 Å². The van der Waals surface area contributed by atoms with E-state index in [9.17, 15) is 5.11 Å². The predicted molar refractivity (Wildman–Crippen MR) is 116 cm³/mol. The van der Waals surface area contributed by atoms with E-state index in [1.165, 1.54) is 0 Å². The predicted octanol–water partition coefficient (Wildman–Crippen LogP) is 6.29. The number of aromatic nitrogens is 2. The first-order chi connectivity index (χ1) is 13.0. The van der Waals surface area contributed by atoms with Crippen LogP contribution in [0.1, 0.15) is 11.1 Å². The summed E-state index contributed by atoms with van der Waals surface area (Å²) in [7, 11) is 0. The van der Waals surface area contributed by atoms with Gasteiger partial charge in [-0.25, -0.2) is 4.98 Å². The Kier molecular flexibility index (Phi) is 4.85. The summed E-state index contributed by atoms with van der Waals surface area (Å²) in [5, 5.41) is 10.2. The molecule has 1 N–H and O–H groups in total. The van der Waals surface area contributed by atoms with Crippen LogP contribution < -0.4 is 0 Å². The standard InChI is InChI=1S/C21H15Br2N3O/c1-13-4-3-7-26-12-19(25-21(13)26)14-5-2-6-17(9-14)24-11-15-8-16(22)10-18(23)20(15)27/h2-12,27H,1H3. The molecule has 2 aromatic heterocycles. The van der Waals surface area contributed by atoms with Crippen LogP contribution in [0.4, 0.5) is 5.69 Å². The van der Waals surface area contributed by atoms with E-state index in [1.54, 1.807) is 12.3 Å². The summed E-state index contributed by atoms with van der Waals surface area (Å²) < 4.78 is 3.51. The molecule has 6 heteroatoms. The highest BCUT2D eigenvalue weighted by molar-refractivity contribution is 9.11. The summed E-state index contributed by atoms with van der Waals surface area (Å²) in [5.41, 5.74) is 5.39. The van der Waals surface area contributed by atoms with E-state index in [-0.39, 0.29) is 5.75 Å². The maximum absolute atomic E-state index is 10.2. The number of hydrogen-bond donors (Lipinski definition) is 1. The van der Waals surface area contributed by atoms with Crippen molar-refractivity contribution in [2.75, 3.05) is 0 Å². The van der Waals surface area contributed by atoms with Gasteiger partial charge in [-0.15, -0.1) is 0 Å². The number of aryl methyl sites for hydroxylation is 1. The molecule has 0 saturated heterocycles. The number of phenolic OH excluding ortho intramolecular Hbond substituents is 1. The zero-order valence-corrected chi connectivity index (χ0v) is 17.6. The molecule has 27 heavy (non-hydrogen) atoms. The van der Waals surface area contributed by atoms with Gasteiger partial charge in [0.25, 0.3) is 0 Å². The molecule has 134 valence electrons. The second-order valence-corrected chi connectivity index (χ2v) is 7.95. The molecular weight excluding hydrogens is 470 g/mol. The molecule has 0 radical (unpaired) electrons. The Morgan fingerprint density at radius 1 is 1.11 bits per heavy atom. The van der Waals surface area contributed by atoms with Gasteiger partial charge >= 0.3 is 0 Å². The van der Waals surface area contributed by atoms with Crippen LogP contribution >= 0.6 is 31.9 Å². The van der Waals surface area contributed by atoms with Crippen LogP contribution in [0.15, 0.2) is 74.9 Å². The summed E-state index contributed by atoms with van der Waals surface area (Å²) in [6, 6.07) is 15.5. The van der Waals surface area contributed by atoms with Crippen molar-refractivity contribution in [1.82, 2.24) is 9.38 Å². The number of rotatable bonds is 3. The van der Waals surface area contributed by atoms with Crippen molar-refractivity contribution in [3.63, 3.8) is 0 Å². The Bertz CT molecular complexity index is 1180. The van der Waals surface area contributed by atoms with Gasteiger partial charge in [-0.2, -0.15) is 0 Å². The zero-order valence-electron chi connectivity index (χ0n) is 14.4. The molecule has 0 atom stereocenters. The van der Waals surface area contributed by atoms with Gasteiger partial charge in [0.15, 0.2) is 0 Å². The average molecular weight is 485 g/mol. The molecule has 0 bridgehead atoms. The monoisotopic (exact) mass is 483 g/mol. The number of fused-ring (bicyclic) bond motifs is 1. The van der Waals surface area contributed by atoms with Crippen molar-refractivity contribution in [2.45, 2.75) is 6.92 Å². The van der Waals surface area contributed by atoms with Crippen LogP contribution in [0.2, 0.25) is 0 Å². The van der Waals surface area contributed by atoms with E-state index in [1.807, 2.05) is 53.2 Å².